The van der Waals surface area contributed by atoms with Crippen LogP contribution in [0.3, 0.4) is 0 Å². The van der Waals surface area contributed by atoms with E-state index in [4.69, 9.17) is 0 Å². The van der Waals surface area contributed by atoms with Crippen LogP contribution in [0.2, 0.25) is 0 Å². The first kappa shape index (κ1) is 17.3. The number of aromatic nitrogens is 1. The van der Waals surface area contributed by atoms with Crippen molar-refractivity contribution >= 4 is 22.8 Å². The summed E-state index contributed by atoms with van der Waals surface area (Å²) < 4.78 is 0. The minimum absolute atomic E-state index is 0.0152. The molecule has 1 aliphatic heterocycles. The van der Waals surface area contributed by atoms with Gasteiger partial charge in [0.2, 0.25) is 5.91 Å². The topological polar surface area (TPSA) is 106 Å². The molecule has 1 aliphatic carbocycles. The Morgan fingerprint density at radius 3 is 2.81 bits per heavy atom. The van der Waals surface area contributed by atoms with Gasteiger partial charge in [0.1, 0.15) is 12.1 Å². The molecule has 0 radical (unpaired) electrons. The molecule has 1 saturated heterocycles. The van der Waals surface area contributed by atoms with Gasteiger partial charge < -0.3 is 10.4 Å². The average Bonchev–Trinajstić information content (AvgIpc) is 3.01. The zero-order chi connectivity index (χ0) is 19.3. The summed E-state index contributed by atoms with van der Waals surface area (Å²) in [6, 6.07) is 7.98. The number of carbonyl (C=O) groups excluding carboxylic acids is 1. The number of nitrogens with one attached hydrogen (secondary N) is 1. The van der Waals surface area contributed by atoms with E-state index in [2.05, 4.69) is 30.2 Å². The van der Waals surface area contributed by atoms with Crippen molar-refractivity contribution in [2.24, 2.45) is 17.3 Å². The van der Waals surface area contributed by atoms with E-state index in [1.165, 1.54) is 4.90 Å². The SMILES string of the molecule is CC1(C)[C@@H]2[C@@H](C(=O)NC(C#N)c3cncc4ccccc34)N(C(=O)O)C[C@@H]21. The molecule has 4 rings (SSSR count). The fourth-order valence-corrected chi connectivity index (χ4v) is 4.56. The van der Waals surface area contributed by atoms with Crippen molar-refractivity contribution in [3.63, 3.8) is 0 Å². The molecule has 138 valence electrons. The number of likely N-dealkylation sites (tertiary alicyclic amines) is 1. The number of carbonyl (C=O) groups is 2. The maximum atomic E-state index is 13.0. The summed E-state index contributed by atoms with van der Waals surface area (Å²) >= 11 is 0. The van der Waals surface area contributed by atoms with E-state index in [1.807, 2.05) is 24.3 Å². The number of nitrogens with zero attached hydrogens (tertiary/aromatic N) is 3. The molecule has 2 N–H and O–H groups in total. The van der Waals surface area contributed by atoms with Crippen molar-refractivity contribution in [2.75, 3.05) is 6.54 Å². The number of piperidine rings is 1. The Labute approximate surface area is 156 Å². The van der Waals surface area contributed by atoms with Crippen LogP contribution in [0.15, 0.2) is 36.7 Å². The summed E-state index contributed by atoms with van der Waals surface area (Å²) in [7, 11) is 0. The standard InChI is InChI=1S/C20H20N4O3/c1-20(2)14-10-24(19(26)27)17(16(14)20)18(25)23-15(7-21)13-9-22-8-11-5-3-4-6-12(11)13/h3-6,8-9,14-17H,10H2,1-2H3,(H,23,25)(H,26,27)/t14-,15?,16-,17-/m0/s1. The number of hydrogen-bond acceptors (Lipinski definition) is 4. The van der Waals surface area contributed by atoms with E-state index in [1.54, 1.807) is 12.4 Å². The van der Waals surface area contributed by atoms with Crippen LogP contribution in [0.25, 0.3) is 10.8 Å². The van der Waals surface area contributed by atoms with Gasteiger partial charge >= 0.3 is 6.09 Å². The molecular formula is C20H20N4O3. The monoisotopic (exact) mass is 364 g/mol. The van der Waals surface area contributed by atoms with Gasteiger partial charge in [0.25, 0.3) is 0 Å². The number of carboxylic acid groups (broad SMARTS) is 1. The largest absolute Gasteiger partial charge is 0.465 e. The second-order valence-corrected chi connectivity index (χ2v) is 7.85. The maximum absolute atomic E-state index is 13.0. The van der Waals surface area contributed by atoms with E-state index < -0.39 is 24.1 Å². The number of hydrogen-bond donors (Lipinski definition) is 2. The van der Waals surface area contributed by atoms with Crippen LogP contribution in [0.5, 0.6) is 0 Å². The van der Waals surface area contributed by atoms with Gasteiger partial charge in [-0.05, 0) is 22.6 Å². The van der Waals surface area contributed by atoms with E-state index >= 15 is 0 Å². The smallest absolute Gasteiger partial charge is 0.407 e. The normalized spacial score (nSPS) is 26.1. The van der Waals surface area contributed by atoms with Crippen molar-refractivity contribution in [3.05, 3.63) is 42.2 Å². The summed E-state index contributed by atoms with van der Waals surface area (Å²) in [5, 5.41) is 23.6. The number of rotatable bonds is 3. The molecule has 2 aromatic rings. The Bertz CT molecular complexity index is 975. The summed E-state index contributed by atoms with van der Waals surface area (Å²) in [6.07, 6.45) is 2.18. The first-order chi connectivity index (χ1) is 12.9. The Balaban J connectivity index is 1.63. The van der Waals surface area contributed by atoms with Crippen LogP contribution in [0, 0.1) is 28.6 Å². The third kappa shape index (κ3) is 2.60. The van der Waals surface area contributed by atoms with Gasteiger partial charge in [-0.25, -0.2) is 4.79 Å². The number of pyridine rings is 1. The molecule has 2 aliphatic rings. The summed E-state index contributed by atoms with van der Waals surface area (Å²) in [5.74, 6) is -0.252. The predicted octanol–water partition coefficient (Wildman–Crippen LogP) is 2.55. The molecule has 4 atom stereocenters. The Hall–Kier alpha value is -3.14. The average molecular weight is 364 g/mol. The molecule has 2 amide bonds. The van der Waals surface area contributed by atoms with Crippen LogP contribution in [-0.2, 0) is 4.79 Å². The molecule has 1 saturated carbocycles. The molecule has 1 aromatic carbocycles. The van der Waals surface area contributed by atoms with Crippen LogP contribution in [0.4, 0.5) is 4.79 Å². The lowest BCUT2D eigenvalue weighted by Gasteiger charge is -2.28. The molecule has 7 heteroatoms. The summed E-state index contributed by atoms with van der Waals surface area (Å²) in [4.78, 5) is 29.9. The molecule has 2 heterocycles. The molecule has 2 fully saturated rings. The Morgan fingerprint density at radius 1 is 1.37 bits per heavy atom. The molecule has 7 nitrogen and oxygen atoms in total. The predicted molar refractivity (Wildman–Crippen MR) is 97.5 cm³/mol. The fraction of sp³-hybridized carbons (Fsp3) is 0.400. The van der Waals surface area contributed by atoms with Crippen LogP contribution in [-0.4, -0.2) is 39.6 Å². The van der Waals surface area contributed by atoms with Gasteiger partial charge in [-0.3, -0.25) is 14.7 Å². The first-order valence-electron chi connectivity index (χ1n) is 8.88. The van der Waals surface area contributed by atoms with Gasteiger partial charge in [0.15, 0.2) is 0 Å². The van der Waals surface area contributed by atoms with Crippen LogP contribution < -0.4 is 5.32 Å². The van der Waals surface area contributed by atoms with Gasteiger partial charge in [0.05, 0.1) is 6.07 Å². The van der Waals surface area contributed by atoms with E-state index in [-0.39, 0.29) is 17.3 Å². The van der Waals surface area contributed by atoms with Crippen molar-refractivity contribution in [1.29, 1.82) is 5.26 Å². The van der Waals surface area contributed by atoms with Gasteiger partial charge in [-0.2, -0.15) is 5.26 Å². The highest BCUT2D eigenvalue weighted by atomic mass is 16.4. The van der Waals surface area contributed by atoms with E-state index in [0.29, 0.717) is 12.1 Å². The quantitative estimate of drug-likeness (QED) is 0.870. The lowest BCUT2D eigenvalue weighted by atomic mass is 9.99. The van der Waals surface area contributed by atoms with Crippen LogP contribution in [0.1, 0.15) is 25.5 Å². The molecule has 0 bridgehead atoms. The highest BCUT2D eigenvalue weighted by Gasteiger charge is 2.69. The third-order valence-electron chi connectivity index (χ3n) is 6.15. The number of amides is 2. The van der Waals surface area contributed by atoms with Crippen molar-refractivity contribution in [1.82, 2.24) is 15.2 Å². The Kier molecular flexibility index (Phi) is 3.81. The fourth-order valence-electron chi connectivity index (χ4n) is 4.56. The molecular weight excluding hydrogens is 344 g/mol. The highest BCUT2D eigenvalue weighted by Crippen LogP contribution is 2.64. The van der Waals surface area contributed by atoms with Crippen molar-refractivity contribution in [3.8, 4) is 6.07 Å². The zero-order valence-corrected chi connectivity index (χ0v) is 15.1. The summed E-state index contributed by atoms with van der Waals surface area (Å²) in [5.41, 5.74) is 0.548. The lowest BCUT2D eigenvalue weighted by Crippen LogP contribution is -2.50. The minimum Gasteiger partial charge on any atom is -0.465 e. The zero-order valence-electron chi connectivity index (χ0n) is 15.1. The van der Waals surface area contributed by atoms with Crippen molar-refractivity contribution in [2.45, 2.75) is 25.9 Å². The third-order valence-corrected chi connectivity index (χ3v) is 6.15. The second kappa shape index (κ2) is 5.95. The molecule has 27 heavy (non-hydrogen) atoms. The summed E-state index contributed by atoms with van der Waals surface area (Å²) in [6.45, 7) is 4.47. The molecule has 0 spiro atoms. The van der Waals surface area contributed by atoms with Gasteiger partial charge in [-0.15, -0.1) is 0 Å². The maximum Gasteiger partial charge on any atom is 0.407 e. The number of nitriles is 1. The van der Waals surface area contributed by atoms with Gasteiger partial charge in [-0.1, -0.05) is 38.1 Å². The van der Waals surface area contributed by atoms with E-state index in [9.17, 15) is 20.0 Å². The molecule has 1 unspecified atom stereocenters. The van der Waals surface area contributed by atoms with Gasteiger partial charge in [0, 0.05) is 29.9 Å². The minimum atomic E-state index is -1.10. The molecule has 1 aromatic heterocycles. The first-order valence-corrected chi connectivity index (χ1v) is 8.88. The number of fused-ring (bicyclic) bond motifs is 2. The number of benzene rings is 1. The van der Waals surface area contributed by atoms with Crippen LogP contribution >= 0.6 is 0 Å². The second-order valence-electron chi connectivity index (χ2n) is 7.85. The van der Waals surface area contributed by atoms with E-state index in [0.717, 1.165) is 10.8 Å². The Morgan fingerprint density at radius 2 is 2.11 bits per heavy atom. The highest BCUT2D eigenvalue weighted by molar-refractivity contribution is 5.90. The lowest BCUT2D eigenvalue weighted by molar-refractivity contribution is -0.126. The van der Waals surface area contributed by atoms with Crippen molar-refractivity contribution < 1.29 is 14.7 Å².